The number of nitrogens with zero attached hydrogens (tertiary/aromatic N) is 1. The van der Waals surface area contributed by atoms with E-state index in [2.05, 4.69) is 35.1 Å². The molecule has 1 saturated heterocycles. The van der Waals surface area contributed by atoms with Crippen molar-refractivity contribution < 1.29 is 4.42 Å². The van der Waals surface area contributed by atoms with E-state index in [0.29, 0.717) is 12.1 Å². The van der Waals surface area contributed by atoms with E-state index < -0.39 is 0 Å². The molecule has 1 aromatic heterocycles. The van der Waals surface area contributed by atoms with Crippen LogP contribution in [-0.2, 0) is 6.42 Å². The van der Waals surface area contributed by atoms with E-state index in [4.69, 9.17) is 4.42 Å². The van der Waals surface area contributed by atoms with Crippen molar-refractivity contribution in [2.75, 3.05) is 32.1 Å². The Hall–Kier alpha value is -0.450. The van der Waals surface area contributed by atoms with Crippen LogP contribution in [0.4, 0.5) is 0 Å². The summed E-state index contributed by atoms with van der Waals surface area (Å²) in [5.74, 6) is 3.54. The van der Waals surface area contributed by atoms with E-state index >= 15 is 0 Å². The molecule has 0 amide bonds. The van der Waals surface area contributed by atoms with Crippen molar-refractivity contribution in [1.29, 1.82) is 0 Å². The third kappa shape index (κ3) is 2.81. The molecule has 0 aromatic carbocycles. The van der Waals surface area contributed by atoms with Crippen LogP contribution in [0, 0.1) is 0 Å². The molecule has 2 heterocycles. The van der Waals surface area contributed by atoms with Gasteiger partial charge in [-0.1, -0.05) is 0 Å². The predicted octanol–water partition coefficient (Wildman–Crippen LogP) is 1.46. The van der Waals surface area contributed by atoms with Gasteiger partial charge in [-0.05, 0) is 26.2 Å². The maximum atomic E-state index is 5.43. The second-order valence-electron chi connectivity index (χ2n) is 4.30. The van der Waals surface area contributed by atoms with Crippen molar-refractivity contribution in [2.45, 2.75) is 18.5 Å². The van der Waals surface area contributed by atoms with E-state index in [0.717, 1.165) is 12.2 Å². The fourth-order valence-corrected chi connectivity index (χ4v) is 3.52. The molecule has 0 bridgehead atoms. The van der Waals surface area contributed by atoms with Crippen LogP contribution in [-0.4, -0.2) is 49.1 Å². The molecule has 1 aliphatic rings. The van der Waals surface area contributed by atoms with Gasteiger partial charge in [0, 0.05) is 36.6 Å². The third-order valence-electron chi connectivity index (χ3n) is 3.28. The monoisotopic (exact) mass is 240 g/mol. The fourth-order valence-electron chi connectivity index (χ4n) is 2.20. The molecular weight excluding hydrogens is 220 g/mol. The zero-order valence-electron chi connectivity index (χ0n) is 9.98. The lowest BCUT2D eigenvalue weighted by Crippen LogP contribution is -2.52. The molecule has 3 nitrogen and oxygen atoms in total. The normalized spacial score (nSPS) is 24.5. The van der Waals surface area contributed by atoms with Crippen LogP contribution in [0.25, 0.3) is 0 Å². The molecule has 2 unspecified atom stereocenters. The average molecular weight is 240 g/mol. The van der Waals surface area contributed by atoms with Gasteiger partial charge in [0.05, 0.1) is 6.26 Å². The molecule has 0 spiro atoms. The Kier molecular flexibility index (Phi) is 4.32. The first-order valence-electron chi connectivity index (χ1n) is 5.79. The van der Waals surface area contributed by atoms with Gasteiger partial charge >= 0.3 is 0 Å². The van der Waals surface area contributed by atoms with E-state index in [1.807, 2.05) is 13.1 Å². The third-order valence-corrected chi connectivity index (χ3v) is 4.33. The van der Waals surface area contributed by atoms with Gasteiger partial charge in [-0.25, -0.2) is 0 Å². The number of hydrogen-bond acceptors (Lipinski definition) is 4. The Morgan fingerprint density at radius 1 is 1.69 bits per heavy atom. The minimum atomic E-state index is 0.476. The second kappa shape index (κ2) is 5.75. The zero-order valence-corrected chi connectivity index (χ0v) is 10.8. The minimum absolute atomic E-state index is 0.476. The van der Waals surface area contributed by atoms with Gasteiger partial charge in [0.25, 0.3) is 0 Å². The fraction of sp³-hybridized carbons (Fsp3) is 0.667. The maximum Gasteiger partial charge on any atom is 0.105 e. The summed E-state index contributed by atoms with van der Waals surface area (Å²) >= 11 is 2.05. The molecule has 0 aliphatic carbocycles. The molecule has 0 radical (unpaired) electrons. The molecule has 16 heavy (non-hydrogen) atoms. The summed E-state index contributed by atoms with van der Waals surface area (Å²) in [6.45, 7) is 1.19. The van der Waals surface area contributed by atoms with Crippen molar-refractivity contribution in [3.05, 3.63) is 24.2 Å². The largest absolute Gasteiger partial charge is 0.469 e. The Morgan fingerprint density at radius 2 is 2.56 bits per heavy atom. The van der Waals surface area contributed by atoms with Crippen LogP contribution in [0.5, 0.6) is 0 Å². The zero-order chi connectivity index (χ0) is 11.4. The Morgan fingerprint density at radius 3 is 3.19 bits per heavy atom. The summed E-state index contributed by atoms with van der Waals surface area (Å²) in [4.78, 5) is 2.46. The van der Waals surface area contributed by atoms with Crippen molar-refractivity contribution in [1.82, 2.24) is 10.2 Å². The number of likely N-dealkylation sites (N-methyl/N-ethyl adjacent to an activating group) is 2. The van der Waals surface area contributed by atoms with Crippen LogP contribution >= 0.6 is 11.8 Å². The predicted molar refractivity (Wildman–Crippen MR) is 69.0 cm³/mol. The Balaban J connectivity index is 1.98. The highest BCUT2D eigenvalue weighted by Crippen LogP contribution is 2.19. The average Bonchev–Trinajstić information content (AvgIpc) is 2.80. The molecule has 2 rings (SSSR count). The number of thioether (sulfide) groups is 1. The SMILES string of the molecule is CNC(Cc1ccco1)C1CSCCN1C. The van der Waals surface area contributed by atoms with E-state index in [-0.39, 0.29) is 0 Å². The standard InChI is InChI=1S/C12H20N2OS/c1-13-11(8-10-4-3-6-15-10)12-9-16-7-5-14(12)2/h3-4,6,11-13H,5,7-9H2,1-2H3. The van der Waals surface area contributed by atoms with Crippen LogP contribution in [0.1, 0.15) is 5.76 Å². The highest BCUT2D eigenvalue weighted by Gasteiger charge is 2.27. The van der Waals surface area contributed by atoms with E-state index in [1.165, 1.54) is 18.1 Å². The highest BCUT2D eigenvalue weighted by atomic mass is 32.2. The van der Waals surface area contributed by atoms with Gasteiger partial charge in [0.2, 0.25) is 0 Å². The lowest BCUT2D eigenvalue weighted by molar-refractivity contribution is 0.214. The van der Waals surface area contributed by atoms with Gasteiger partial charge in [0.15, 0.2) is 0 Å². The summed E-state index contributed by atoms with van der Waals surface area (Å²) in [5, 5.41) is 3.43. The lowest BCUT2D eigenvalue weighted by Gasteiger charge is -2.37. The summed E-state index contributed by atoms with van der Waals surface area (Å²) in [7, 11) is 4.26. The number of rotatable bonds is 4. The maximum absolute atomic E-state index is 5.43. The topological polar surface area (TPSA) is 28.4 Å². The van der Waals surface area contributed by atoms with Crippen LogP contribution in [0.3, 0.4) is 0 Å². The van der Waals surface area contributed by atoms with Gasteiger partial charge in [-0.3, -0.25) is 0 Å². The Bertz CT molecular complexity index is 302. The number of nitrogens with one attached hydrogen (secondary N) is 1. The number of furan rings is 1. The molecule has 1 aromatic rings. The first-order valence-corrected chi connectivity index (χ1v) is 6.94. The first kappa shape index (κ1) is 12.0. The van der Waals surface area contributed by atoms with E-state index in [1.54, 1.807) is 6.26 Å². The molecule has 0 saturated carbocycles. The lowest BCUT2D eigenvalue weighted by atomic mass is 10.0. The van der Waals surface area contributed by atoms with Crippen molar-refractivity contribution in [3.63, 3.8) is 0 Å². The second-order valence-corrected chi connectivity index (χ2v) is 5.45. The summed E-state index contributed by atoms with van der Waals surface area (Å²) in [6.07, 6.45) is 2.72. The molecule has 2 atom stereocenters. The molecule has 1 fully saturated rings. The quantitative estimate of drug-likeness (QED) is 0.862. The first-order chi connectivity index (χ1) is 7.81. The van der Waals surface area contributed by atoms with Gasteiger partial charge < -0.3 is 14.6 Å². The van der Waals surface area contributed by atoms with Crippen molar-refractivity contribution in [3.8, 4) is 0 Å². The van der Waals surface area contributed by atoms with Crippen molar-refractivity contribution in [2.24, 2.45) is 0 Å². The van der Waals surface area contributed by atoms with Crippen LogP contribution in [0.15, 0.2) is 22.8 Å². The van der Waals surface area contributed by atoms with Crippen LogP contribution in [0.2, 0.25) is 0 Å². The summed E-state index contributed by atoms with van der Waals surface area (Å²) < 4.78 is 5.43. The van der Waals surface area contributed by atoms with Gasteiger partial charge in [-0.2, -0.15) is 11.8 Å². The molecule has 4 heteroatoms. The van der Waals surface area contributed by atoms with Crippen LogP contribution < -0.4 is 5.32 Å². The molecule has 1 N–H and O–H groups in total. The minimum Gasteiger partial charge on any atom is -0.469 e. The van der Waals surface area contributed by atoms with Gasteiger partial charge in [0.1, 0.15) is 5.76 Å². The molecule has 90 valence electrons. The summed E-state index contributed by atoms with van der Waals surface area (Å²) in [5.41, 5.74) is 0. The molecular formula is C12H20N2OS. The smallest absolute Gasteiger partial charge is 0.105 e. The van der Waals surface area contributed by atoms with E-state index in [9.17, 15) is 0 Å². The van der Waals surface area contributed by atoms with Gasteiger partial charge in [-0.15, -0.1) is 0 Å². The number of hydrogen-bond donors (Lipinski definition) is 1. The Labute approximate surface area is 102 Å². The molecule has 1 aliphatic heterocycles. The summed E-state index contributed by atoms with van der Waals surface area (Å²) in [6, 6.07) is 5.10. The van der Waals surface area contributed by atoms with Crippen molar-refractivity contribution >= 4 is 11.8 Å². The highest BCUT2D eigenvalue weighted by molar-refractivity contribution is 7.99.